The molecule has 28 heavy (non-hydrogen) atoms. The van der Waals surface area contributed by atoms with Gasteiger partial charge in [0.15, 0.2) is 11.5 Å². The number of hydrogen-bond donors (Lipinski definition) is 2. The largest absolute Gasteiger partial charge is 0.493 e. The summed E-state index contributed by atoms with van der Waals surface area (Å²) in [5.74, 6) is 0.961. The van der Waals surface area contributed by atoms with Gasteiger partial charge in [-0.15, -0.1) is 0 Å². The summed E-state index contributed by atoms with van der Waals surface area (Å²) in [6, 6.07) is 11.6. The highest BCUT2D eigenvalue weighted by atomic mass is 32.2. The quantitative estimate of drug-likeness (QED) is 0.666. The maximum atomic E-state index is 12.6. The van der Waals surface area contributed by atoms with Crippen LogP contribution >= 0.6 is 0 Å². The number of ether oxygens (including phenoxy) is 2. The number of carbonyl (C=O) groups is 1. The minimum absolute atomic E-state index is 0.0151. The smallest absolute Gasteiger partial charge is 0.251 e. The molecule has 0 saturated heterocycles. The first kappa shape index (κ1) is 21.6. The summed E-state index contributed by atoms with van der Waals surface area (Å²) in [5.41, 5.74) is 1.77. The standard InChI is InChI=1S/C20H26N2O5S/c1-5-17(15-9-12-18(26-3)19(13-15)27-4)21-20(23)14-7-10-16(11-8-14)22-28(24,25)6-2/h7-13,17,22H,5-6H2,1-4H3,(H,21,23)/t17-/m1/s1. The van der Waals surface area contributed by atoms with Crippen molar-refractivity contribution in [1.82, 2.24) is 5.32 Å². The fourth-order valence-corrected chi connectivity index (χ4v) is 3.31. The number of sulfonamides is 1. The molecule has 1 atom stereocenters. The zero-order chi connectivity index (χ0) is 20.7. The fourth-order valence-electron chi connectivity index (χ4n) is 2.67. The molecule has 0 bridgehead atoms. The first-order chi connectivity index (χ1) is 13.3. The van der Waals surface area contributed by atoms with E-state index >= 15 is 0 Å². The van der Waals surface area contributed by atoms with Gasteiger partial charge in [-0.3, -0.25) is 9.52 Å². The number of benzene rings is 2. The number of methoxy groups -OCH3 is 2. The van der Waals surface area contributed by atoms with Gasteiger partial charge in [0.2, 0.25) is 10.0 Å². The van der Waals surface area contributed by atoms with Gasteiger partial charge < -0.3 is 14.8 Å². The zero-order valence-electron chi connectivity index (χ0n) is 16.5. The van der Waals surface area contributed by atoms with Gasteiger partial charge in [0.25, 0.3) is 5.91 Å². The van der Waals surface area contributed by atoms with Gasteiger partial charge >= 0.3 is 0 Å². The minimum atomic E-state index is -3.35. The van der Waals surface area contributed by atoms with Gasteiger partial charge in [0.05, 0.1) is 26.0 Å². The van der Waals surface area contributed by atoms with Crippen LogP contribution in [-0.4, -0.2) is 34.3 Å². The Kier molecular flexibility index (Phi) is 7.28. The Morgan fingerprint density at radius 3 is 2.18 bits per heavy atom. The molecule has 2 rings (SSSR count). The van der Waals surface area contributed by atoms with Crippen molar-refractivity contribution in [2.45, 2.75) is 26.3 Å². The normalized spacial score (nSPS) is 12.1. The molecule has 2 aromatic carbocycles. The average Bonchev–Trinajstić information content (AvgIpc) is 2.71. The van der Waals surface area contributed by atoms with E-state index in [1.165, 1.54) is 0 Å². The van der Waals surface area contributed by atoms with Crippen LogP contribution in [0.2, 0.25) is 0 Å². The topological polar surface area (TPSA) is 93.7 Å². The van der Waals surface area contributed by atoms with Gasteiger partial charge in [0, 0.05) is 11.3 Å². The molecule has 8 heteroatoms. The van der Waals surface area contributed by atoms with E-state index in [1.807, 2.05) is 19.1 Å². The highest BCUT2D eigenvalue weighted by Crippen LogP contribution is 2.31. The summed E-state index contributed by atoms with van der Waals surface area (Å²) in [6.45, 7) is 3.54. The highest BCUT2D eigenvalue weighted by Gasteiger charge is 2.16. The molecule has 0 saturated carbocycles. The van der Waals surface area contributed by atoms with Crippen LogP contribution in [0.3, 0.4) is 0 Å². The van der Waals surface area contributed by atoms with E-state index in [0.717, 1.165) is 5.56 Å². The molecule has 2 aromatic rings. The third-order valence-corrected chi connectivity index (χ3v) is 5.63. The van der Waals surface area contributed by atoms with Gasteiger partial charge in [0.1, 0.15) is 0 Å². The predicted molar refractivity (Wildman–Crippen MR) is 110 cm³/mol. The Morgan fingerprint density at radius 1 is 1.00 bits per heavy atom. The molecule has 0 unspecified atom stereocenters. The monoisotopic (exact) mass is 406 g/mol. The van der Waals surface area contributed by atoms with E-state index in [-0.39, 0.29) is 17.7 Å². The van der Waals surface area contributed by atoms with Crippen molar-refractivity contribution in [3.8, 4) is 11.5 Å². The molecule has 0 aromatic heterocycles. The van der Waals surface area contributed by atoms with E-state index in [2.05, 4.69) is 10.0 Å². The van der Waals surface area contributed by atoms with Crippen LogP contribution in [0, 0.1) is 0 Å². The Labute approximate surface area is 166 Å². The van der Waals surface area contributed by atoms with Crippen molar-refractivity contribution in [2.24, 2.45) is 0 Å². The van der Waals surface area contributed by atoms with Crippen LogP contribution in [0.4, 0.5) is 5.69 Å². The second-order valence-corrected chi connectivity index (χ2v) is 8.14. The summed E-state index contributed by atoms with van der Waals surface area (Å²) >= 11 is 0. The Balaban J connectivity index is 2.14. The number of hydrogen-bond acceptors (Lipinski definition) is 5. The lowest BCUT2D eigenvalue weighted by atomic mass is 10.0. The van der Waals surface area contributed by atoms with Crippen LogP contribution in [0.1, 0.15) is 42.2 Å². The van der Waals surface area contributed by atoms with Crippen molar-refractivity contribution in [1.29, 1.82) is 0 Å². The zero-order valence-corrected chi connectivity index (χ0v) is 17.3. The van der Waals surface area contributed by atoms with Crippen molar-refractivity contribution < 1.29 is 22.7 Å². The molecule has 0 aliphatic heterocycles. The van der Waals surface area contributed by atoms with E-state index in [4.69, 9.17) is 9.47 Å². The van der Waals surface area contributed by atoms with Crippen LogP contribution < -0.4 is 19.5 Å². The molecule has 2 N–H and O–H groups in total. The number of rotatable bonds is 9. The lowest BCUT2D eigenvalue weighted by molar-refractivity contribution is 0.0935. The molecule has 7 nitrogen and oxygen atoms in total. The van der Waals surface area contributed by atoms with Gasteiger partial charge in [-0.1, -0.05) is 13.0 Å². The molecule has 1 amide bonds. The molecule has 0 fully saturated rings. The number of anilines is 1. The van der Waals surface area contributed by atoms with Gasteiger partial charge in [-0.2, -0.15) is 0 Å². The van der Waals surface area contributed by atoms with E-state index in [0.29, 0.717) is 29.2 Å². The second-order valence-electron chi connectivity index (χ2n) is 6.13. The third kappa shape index (κ3) is 5.39. The van der Waals surface area contributed by atoms with Crippen LogP contribution in [-0.2, 0) is 10.0 Å². The molecule has 0 heterocycles. The summed E-state index contributed by atoms with van der Waals surface area (Å²) in [7, 11) is -0.214. The van der Waals surface area contributed by atoms with Crippen LogP contribution in [0.25, 0.3) is 0 Å². The minimum Gasteiger partial charge on any atom is -0.493 e. The Bertz CT molecular complexity index is 911. The summed E-state index contributed by atoms with van der Waals surface area (Å²) < 4.78 is 36.3. The van der Waals surface area contributed by atoms with Crippen molar-refractivity contribution in [3.05, 3.63) is 53.6 Å². The van der Waals surface area contributed by atoms with E-state index in [1.54, 1.807) is 51.5 Å². The predicted octanol–water partition coefficient (Wildman–Crippen LogP) is 3.35. The Morgan fingerprint density at radius 2 is 1.64 bits per heavy atom. The highest BCUT2D eigenvalue weighted by molar-refractivity contribution is 7.92. The molecule has 0 aliphatic rings. The first-order valence-electron chi connectivity index (χ1n) is 8.96. The molecule has 0 spiro atoms. The van der Waals surface area contributed by atoms with E-state index < -0.39 is 10.0 Å². The molecule has 152 valence electrons. The van der Waals surface area contributed by atoms with Gasteiger partial charge in [-0.25, -0.2) is 8.42 Å². The van der Waals surface area contributed by atoms with Crippen molar-refractivity contribution >= 4 is 21.6 Å². The van der Waals surface area contributed by atoms with Crippen LogP contribution in [0.15, 0.2) is 42.5 Å². The number of nitrogens with one attached hydrogen (secondary N) is 2. The second kappa shape index (κ2) is 9.45. The molecular formula is C20H26N2O5S. The summed E-state index contributed by atoms with van der Waals surface area (Å²) in [4.78, 5) is 12.6. The number of amides is 1. The third-order valence-electron chi connectivity index (χ3n) is 4.32. The SMILES string of the molecule is CC[C@@H](NC(=O)c1ccc(NS(=O)(=O)CC)cc1)c1ccc(OC)c(OC)c1. The Hall–Kier alpha value is -2.74. The first-order valence-corrected chi connectivity index (χ1v) is 10.6. The van der Waals surface area contributed by atoms with Crippen molar-refractivity contribution in [3.63, 3.8) is 0 Å². The summed E-state index contributed by atoms with van der Waals surface area (Å²) in [6.07, 6.45) is 0.690. The molecule has 0 radical (unpaired) electrons. The lowest BCUT2D eigenvalue weighted by Gasteiger charge is -2.19. The summed E-state index contributed by atoms with van der Waals surface area (Å²) in [5, 5.41) is 2.99. The molecular weight excluding hydrogens is 380 g/mol. The lowest BCUT2D eigenvalue weighted by Crippen LogP contribution is -2.28. The molecule has 0 aliphatic carbocycles. The van der Waals surface area contributed by atoms with Crippen molar-refractivity contribution in [2.75, 3.05) is 24.7 Å². The maximum Gasteiger partial charge on any atom is 0.251 e. The maximum absolute atomic E-state index is 12.6. The number of carbonyl (C=O) groups excluding carboxylic acids is 1. The van der Waals surface area contributed by atoms with Crippen LogP contribution in [0.5, 0.6) is 11.5 Å². The van der Waals surface area contributed by atoms with E-state index in [9.17, 15) is 13.2 Å². The fraction of sp³-hybridized carbons (Fsp3) is 0.350. The average molecular weight is 407 g/mol. The van der Waals surface area contributed by atoms with Gasteiger partial charge in [-0.05, 0) is 55.3 Å².